The molecule has 19 heavy (non-hydrogen) atoms. The molecule has 0 aliphatic rings. The maximum atomic E-state index is 11.8. The number of aromatic nitrogens is 2. The fraction of sp³-hybridized carbons (Fsp3) is 0.462. The summed E-state index contributed by atoms with van der Waals surface area (Å²) in [4.78, 5) is 11.8. The molecule has 0 aliphatic carbocycles. The lowest BCUT2D eigenvalue weighted by Gasteiger charge is -2.20. The first kappa shape index (κ1) is 14.9. The number of carbonyl (C=O) groups excluding carboxylic acids is 1. The minimum absolute atomic E-state index is 0.135. The lowest BCUT2D eigenvalue weighted by atomic mass is 10.1. The number of hydrogen-bond acceptors (Lipinski definition) is 4. The number of carbonyl (C=O) groups is 1. The maximum Gasteiger partial charge on any atom is 0.245 e. The average molecular weight is 262 g/mol. The normalized spacial score (nSPS) is 14.0. The Kier molecular flexibility index (Phi) is 5.27. The Hall–Kier alpha value is -2.13. The van der Waals surface area contributed by atoms with Crippen LogP contribution in [0.2, 0.25) is 0 Å². The topological polar surface area (TPSA) is 79.9 Å². The zero-order valence-electron chi connectivity index (χ0n) is 11.4. The summed E-state index contributed by atoms with van der Waals surface area (Å²) >= 11 is 0. The van der Waals surface area contributed by atoms with Crippen LogP contribution < -0.4 is 5.32 Å². The van der Waals surface area contributed by atoms with Crippen molar-refractivity contribution < 1.29 is 9.53 Å². The number of methoxy groups -OCH3 is 1. The molecule has 0 bridgehead atoms. The van der Waals surface area contributed by atoms with Crippen LogP contribution in [0.5, 0.6) is 0 Å². The SMILES string of the molecule is CCn1nccc1/C=C/C(=O)NC(C)(C#N)COC. The second kappa shape index (κ2) is 6.71. The Labute approximate surface area is 112 Å². The number of hydrogen-bond donors (Lipinski definition) is 1. The number of nitrogens with zero attached hydrogens (tertiary/aromatic N) is 3. The monoisotopic (exact) mass is 262 g/mol. The average Bonchev–Trinajstić information content (AvgIpc) is 2.84. The highest BCUT2D eigenvalue weighted by atomic mass is 16.5. The van der Waals surface area contributed by atoms with Gasteiger partial charge in [0.25, 0.3) is 0 Å². The van der Waals surface area contributed by atoms with Gasteiger partial charge in [0, 0.05) is 25.9 Å². The molecule has 0 aromatic carbocycles. The molecule has 0 fully saturated rings. The predicted octanol–water partition coefficient (Wildman–Crippen LogP) is 0.961. The number of rotatable bonds is 6. The number of ether oxygens (including phenoxy) is 1. The first-order valence-corrected chi connectivity index (χ1v) is 5.97. The number of amides is 1. The second-order valence-electron chi connectivity index (χ2n) is 4.27. The Morgan fingerprint density at radius 2 is 2.47 bits per heavy atom. The van der Waals surface area contributed by atoms with Crippen molar-refractivity contribution in [2.45, 2.75) is 25.9 Å². The van der Waals surface area contributed by atoms with E-state index in [1.807, 2.05) is 19.1 Å². The zero-order chi connectivity index (χ0) is 14.3. The first-order valence-electron chi connectivity index (χ1n) is 5.97. The molecule has 1 amide bonds. The molecule has 0 saturated heterocycles. The van der Waals surface area contributed by atoms with E-state index >= 15 is 0 Å². The molecule has 102 valence electrons. The molecule has 0 aliphatic heterocycles. The van der Waals surface area contributed by atoms with E-state index in [1.165, 1.54) is 13.2 Å². The van der Waals surface area contributed by atoms with Gasteiger partial charge in [-0.15, -0.1) is 0 Å². The third-order valence-corrected chi connectivity index (χ3v) is 2.53. The summed E-state index contributed by atoms with van der Waals surface area (Å²) in [5, 5.41) is 15.7. The summed E-state index contributed by atoms with van der Waals surface area (Å²) in [6.45, 7) is 4.44. The molecule has 0 radical (unpaired) electrons. The minimum atomic E-state index is -1.03. The van der Waals surface area contributed by atoms with Crippen molar-refractivity contribution >= 4 is 12.0 Å². The van der Waals surface area contributed by atoms with E-state index in [4.69, 9.17) is 10.00 Å². The second-order valence-corrected chi connectivity index (χ2v) is 4.27. The molecule has 6 heteroatoms. The minimum Gasteiger partial charge on any atom is -0.381 e. The Bertz CT molecular complexity index is 501. The molecule has 1 heterocycles. The quantitative estimate of drug-likeness (QED) is 0.774. The first-order chi connectivity index (χ1) is 9.04. The molecule has 1 rings (SSSR count). The Morgan fingerprint density at radius 3 is 3.05 bits per heavy atom. The van der Waals surface area contributed by atoms with Gasteiger partial charge >= 0.3 is 0 Å². The van der Waals surface area contributed by atoms with E-state index in [-0.39, 0.29) is 12.5 Å². The molecular formula is C13H18N4O2. The van der Waals surface area contributed by atoms with Gasteiger partial charge in [-0.3, -0.25) is 9.48 Å². The molecule has 0 spiro atoms. The van der Waals surface area contributed by atoms with Gasteiger partial charge < -0.3 is 10.1 Å². The molecule has 0 saturated carbocycles. The van der Waals surface area contributed by atoms with Crippen LogP contribution in [0.25, 0.3) is 6.08 Å². The summed E-state index contributed by atoms with van der Waals surface area (Å²) in [6, 6.07) is 3.83. The number of nitrogens with one attached hydrogen (secondary N) is 1. The van der Waals surface area contributed by atoms with Gasteiger partial charge in [0.15, 0.2) is 0 Å². The summed E-state index contributed by atoms with van der Waals surface area (Å²) < 4.78 is 6.68. The van der Waals surface area contributed by atoms with E-state index < -0.39 is 5.54 Å². The van der Waals surface area contributed by atoms with E-state index in [0.29, 0.717) is 0 Å². The Balaban J connectivity index is 2.68. The lowest BCUT2D eigenvalue weighted by Crippen LogP contribution is -2.47. The fourth-order valence-electron chi connectivity index (χ4n) is 1.61. The highest BCUT2D eigenvalue weighted by Gasteiger charge is 2.24. The molecular weight excluding hydrogens is 244 g/mol. The van der Waals surface area contributed by atoms with Crippen molar-refractivity contribution in [2.75, 3.05) is 13.7 Å². The third-order valence-electron chi connectivity index (χ3n) is 2.53. The molecule has 1 aromatic heterocycles. The van der Waals surface area contributed by atoms with E-state index in [2.05, 4.69) is 10.4 Å². The van der Waals surface area contributed by atoms with Crippen molar-refractivity contribution in [1.82, 2.24) is 15.1 Å². The van der Waals surface area contributed by atoms with Gasteiger partial charge in [0.05, 0.1) is 18.4 Å². The van der Waals surface area contributed by atoms with Crippen LogP contribution in [0.1, 0.15) is 19.5 Å². The molecule has 1 aromatic rings. The van der Waals surface area contributed by atoms with Crippen LogP contribution in [0.3, 0.4) is 0 Å². The molecule has 1 atom stereocenters. The molecule has 6 nitrogen and oxygen atoms in total. The standard InChI is InChI=1S/C13H18N4O2/c1-4-17-11(7-8-15-17)5-6-12(18)16-13(2,9-14)10-19-3/h5-8H,4,10H2,1-3H3,(H,16,18)/b6-5+. The highest BCUT2D eigenvalue weighted by molar-refractivity contribution is 5.92. The number of nitriles is 1. The van der Waals surface area contributed by atoms with E-state index in [9.17, 15) is 4.79 Å². The van der Waals surface area contributed by atoms with E-state index in [1.54, 1.807) is 23.9 Å². The van der Waals surface area contributed by atoms with Gasteiger partial charge in [0.1, 0.15) is 5.54 Å². The van der Waals surface area contributed by atoms with Crippen LogP contribution in [0.4, 0.5) is 0 Å². The summed E-state index contributed by atoms with van der Waals surface area (Å²) in [5.74, 6) is -0.343. The van der Waals surface area contributed by atoms with Gasteiger partial charge in [-0.05, 0) is 26.0 Å². The van der Waals surface area contributed by atoms with Crippen molar-refractivity contribution in [1.29, 1.82) is 5.26 Å². The van der Waals surface area contributed by atoms with E-state index in [0.717, 1.165) is 12.2 Å². The van der Waals surface area contributed by atoms with Crippen LogP contribution in [0, 0.1) is 11.3 Å². The zero-order valence-corrected chi connectivity index (χ0v) is 11.4. The van der Waals surface area contributed by atoms with Crippen molar-refractivity contribution in [3.8, 4) is 6.07 Å². The Morgan fingerprint density at radius 1 is 1.74 bits per heavy atom. The highest BCUT2D eigenvalue weighted by Crippen LogP contribution is 2.04. The van der Waals surface area contributed by atoms with Gasteiger partial charge in [-0.2, -0.15) is 10.4 Å². The van der Waals surface area contributed by atoms with Gasteiger partial charge in [0.2, 0.25) is 5.91 Å². The summed E-state index contributed by atoms with van der Waals surface area (Å²) in [7, 11) is 1.48. The van der Waals surface area contributed by atoms with Gasteiger partial charge in [-0.25, -0.2) is 0 Å². The van der Waals surface area contributed by atoms with Crippen LogP contribution in [0.15, 0.2) is 18.3 Å². The summed E-state index contributed by atoms with van der Waals surface area (Å²) in [6.07, 6.45) is 4.72. The van der Waals surface area contributed by atoms with Crippen LogP contribution >= 0.6 is 0 Å². The van der Waals surface area contributed by atoms with Gasteiger partial charge in [-0.1, -0.05) is 0 Å². The smallest absolute Gasteiger partial charge is 0.245 e. The van der Waals surface area contributed by atoms with Crippen molar-refractivity contribution in [3.05, 3.63) is 24.0 Å². The van der Waals surface area contributed by atoms with Crippen LogP contribution in [-0.2, 0) is 16.1 Å². The lowest BCUT2D eigenvalue weighted by molar-refractivity contribution is -0.118. The summed E-state index contributed by atoms with van der Waals surface area (Å²) in [5.41, 5.74) is -0.190. The van der Waals surface area contributed by atoms with Crippen molar-refractivity contribution in [2.24, 2.45) is 0 Å². The largest absolute Gasteiger partial charge is 0.381 e. The fourth-order valence-corrected chi connectivity index (χ4v) is 1.61. The number of aryl methyl sites for hydroxylation is 1. The maximum absolute atomic E-state index is 11.8. The molecule has 1 unspecified atom stereocenters. The third kappa shape index (κ3) is 4.23. The molecule has 1 N–H and O–H groups in total. The predicted molar refractivity (Wildman–Crippen MR) is 71.0 cm³/mol. The van der Waals surface area contributed by atoms with Crippen LogP contribution in [-0.4, -0.2) is 34.9 Å². The van der Waals surface area contributed by atoms with Crippen molar-refractivity contribution in [3.63, 3.8) is 0 Å².